The SMILES string of the molecule is CCCc1ccccc1S(=O)(=O)OC1CCCO1. The second-order valence-corrected chi connectivity index (χ2v) is 5.89. The molecule has 0 spiro atoms. The fourth-order valence-corrected chi connectivity index (χ4v) is 3.32. The number of aryl methyl sites for hydroxylation is 1. The van der Waals surface area contributed by atoms with Gasteiger partial charge in [0.15, 0.2) is 6.29 Å². The van der Waals surface area contributed by atoms with Crippen molar-refractivity contribution in [3.05, 3.63) is 29.8 Å². The van der Waals surface area contributed by atoms with Gasteiger partial charge in [-0.15, -0.1) is 0 Å². The molecule has 0 amide bonds. The lowest BCUT2D eigenvalue weighted by molar-refractivity contribution is -0.0345. The Hall–Kier alpha value is -0.910. The van der Waals surface area contributed by atoms with Crippen molar-refractivity contribution in [3.8, 4) is 0 Å². The van der Waals surface area contributed by atoms with Crippen molar-refractivity contribution in [2.45, 2.75) is 43.8 Å². The van der Waals surface area contributed by atoms with E-state index in [0.717, 1.165) is 24.8 Å². The monoisotopic (exact) mass is 270 g/mol. The molecule has 0 N–H and O–H groups in total. The molecule has 0 saturated carbocycles. The molecular weight excluding hydrogens is 252 g/mol. The molecule has 1 atom stereocenters. The maximum absolute atomic E-state index is 12.2. The van der Waals surface area contributed by atoms with Crippen molar-refractivity contribution in [3.63, 3.8) is 0 Å². The summed E-state index contributed by atoms with van der Waals surface area (Å²) in [5.74, 6) is 0. The van der Waals surface area contributed by atoms with Gasteiger partial charge in [0, 0.05) is 13.0 Å². The predicted molar refractivity (Wildman–Crippen MR) is 67.7 cm³/mol. The minimum absolute atomic E-state index is 0.266. The fourth-order valence-electron chi connectivity index (χ4n) is 2.04. The average molecular weight is 270 g/mol. The molecule has 4 nitrogen and oxygen atoms in total. The van der Waals surface area contributed by atoms with Crippen molar-refractivity contribution >= 4 is 10.1 Å². The summed E-state index contributed by atoms with van der Waals surface area (Å²) in [5, 5.41) is 0. The highest BCUT2D eigenvalue weighted by molar-refractivity contribution is 7.86. The predicted octanol–water partition coefficient (Wildman–Crippen LogP) is 2.48. The number of hydrogen-bond donors (Lipinski definition) is 0. The molecule has 0 bridgehead atoms. The van der Waals surface area contributed by atoms with Crippen molar-refractivity contribution in [2.24, 2.45) is 0 Å². The molecule has 1 aromatic carbocycles. The minimum atomic E-state index is -3.72. The van der Waals surface area contributed by atoms with Crippen molar-refractivity contribution in [1.82, 2.24) is 0 Å². The van der Waals surface area contributed by atoms with Crippen LogP contribution in [0.25, 0.3) is 0 Å². The second kappa shape index (κ2) is 5.82. The lowest BCUT2D eigenvalue weighted by Crippen LogP contribution is -2.18. The van der Waals surface area contributed by atoms with Gasteiger partial charge in [0.05, 0.1) is 4.90 Å². The van der Waals surface area contributed by atoms with E-state index in [1.54, 1.807) is 12.1 Å². The van der Waals surface area contributed by atoms with Crippen LogP contribution in [0.1, 0.15) is 31.7 Å². The topological polar surface area (TPSA) is 52.6 Å². The molecule has 18 heavy (non-hydrogen) atoms. The Kier molecular flexibility index (Phi) is 4.37. The van der Waals surface area contributed by atoms with Crippen LogP contribution in [0.4, 0.5) is 0 Å². The van der Waals surface area contributed by atoms with Crippen LogP contribution in [0, 0.1) is 0 Å². The van der Waals surface area contributed by atoms with Crippen LogP contribution in [0.3, 0.4) is 0 Å². The molecule has 1 unspecified atom stereocenters. The molecule has 2 rings (SSSR count). The van der Waals surface area contributed by atoms with E-state index in [0.29, 0.717) is 13.0 Å². The first-order valence-corrected chi connectivity index (χ1v) is 7.67. The van der Waals surface area contributed by atoms with Gasteiger partial charge in [0.2, 0.25) is 0 Å². The largest absolute Gasteiger partial charge is 0.351 e. The van der Waals surface area contributed by atoms with Gasteiger partial charge in [-0.25, -0.2) is 4.18 Å². The highest BCUT2D eigenvalue weighted by Gasteiger charge is 2.26. The van der Waals surface area contributed by atoms with Gasteiger partial charge >= 0.3 is 0 Å². The van der Waals surface area contributed by atoms with E-state index in [-0.39, 0.29) is 4.90 Å². The van der Waals surface area contributed by atoms with Crippen LogP contribution < -0.4 is 0 Å². The number of ether oxygens (including phenoxy) is 1. The first-order valence-electron chi connectivity index (χ1n) is 6.26. The Bertz CT molecular complexity index is 489. The number of hydrogen-bond acceptors (Lipinski definition) is 4. The van der Waals surface area contributed by atoms with Gasteiger partial charge in [-0.2, -0.15) is 8.42 Å². The van der Waals surface area contributed by atoms with E-state index < -0.39 is 16.4 Å². The zero-order chi connectivity index (χ0) is 13.0. The Balaban J connectivity index is 2.22. The van der Waals surface area contributed by atoms with E-state index in [2.05, 4.69) is 0 Å². The lowest BCUT2D eigenvalue weighted by Gasteiger charge is -2.13. The second-order valence-electron chi connectivity index (χ2n) is 4.35. The highest BCUT2D eigenvalue weighted by Crippen LogP contribution is 2.23. The zero-order valence-corrected chi connectivity index (χ0v) is 11.3. The summed E-state index contributed by atoms with van der Waals surface area (Å²) in [5.41, 5.74) is 0.804. The van der Waals surface area contributed by atoms with Gasteiger partial charge in [0.25, 0.3) is 10.1 Å². The Labute approximate surface area is 108 Å². The fraction of sp³-hybridized carbons (Fsp3) is 0.538. The van der Waals surface area contributed by atoms with E-state index in [1.165, 1.54) is 0 Å². The summed E-state index contributed by atoms with van der Waals surface area (Å²) in [7, 11) is -3.72. The molecule has 1 heterocycles. The number of rotatable bonds is 5. The van der Waals surface area contributed by atoms with Crippen LogP contribution in [-0.4, -0.2) is 21.3 Å². The third kappa shape index (κ3) is 3.10. The maximum Gasteiger partial charge on any atom is 0.299 e. The summed E-state index contributed by atoms with van der Waals surface area (Å²) in [6, 6.07) is 6.98. The molecule has 100 valence electrons. The van der Waals surface area contributed by atoms with Gasteiger partial charge in [-0.1, -0.05) is 31.5 Å². The summed E-state index contributed by atoms with van der Waals surface area (Å²) < 4.78 is 34.7. The molecule has 0 aliphatic carbocycles. The standard InChI is InChI=1S/C13H18O4S/c1-2-6-11-7-3-4-8-12(11)18(14,15)17-13-9-5-10-16-13/h3-4,7-8,13H,2,5-6,9-10H2,1H3. The Morgan fingerprint density at radius 3 is 2.83 bits per heavy atom. The summed E-state index contributed by atoms with van der Waals surface area (Å²) in [6.45, 7) is 2.58. The van der Waals surface area contributed by atoms with Crippen LogP contribution in [-0.2, 0) is 25.5 Å². The molecule has 5 heteroatoms. The molecule has 0 aromatic heterocycles. The summed E-state index contributed by atoms with van der Waals surface area (Å²) in [6.07, 6.45) is 2.48. The van der Waals surface area contributed by atoms with E-state index in [4.69, 9.17) is 8.92 Å². The van der Waals surface area contributed by atoms with E-state index >= 15 is 0 Å². The first kappa shape index (κ1) is 13.5. The van der Waals surface area contributed by atoms with E-state index in [9.17, 15) is 8.42 Å². The molecule has 1 fully saturated rings. The van der Waals surface area contributed by atoms with Gasteiger partial charge < -0.3 is 4.74 Å². The van der Waals surface area contributed by atoms with Crippen LogP contribution in [0.15, 0.2) is 29.2 Å². The van der Waals surface area contributed by atoms with Gasteiger partial charge in [-0.3, -0.25) is 0 Å². The molecule has 0 radical (unpaired) electrons. The van der Waals surface area contributed by atoms with Crippen LogP contribution >= 0.6 is 0 Å². The first-order chi connectivity index (χ1) is 8.63. The zero-order valence-electron chi connectivity index (χ0n) is 10.5. The van der Waals surface area contributed by atoms with Crippen molar-refractivity contribution in [2.75, 3.05) is 6.61 Å². The lowest BCUT2D eigenvalue weighted by atomic mass is 10.1. The smallest absolute Gasteiger partial charge is 0.299 e. The maximum atomic E-state index is 12.2. The molecule has 1 saturated heterocycles. The summed E-state index contributed by atoms with van der Waals surface area (Å²) in [4.78, 5) is 0.266. The third-order valence-corrected chi connectivity index (χ3v) is 4.29. The molecular formula is C13H18O4S. The normalized spacial score (nSPS) is 20.2. The Morgan fingerprint density at radius 2 is 2.17 bits per heavy atom. The van der Waals surface area contributed by atoms with Gasteiger partial charge in [-0.05, 0) is 24.5 Å². The van der Waals surface area contributed by atoms with E-state index in [1.807, 2.05) is 19.1 Å². The Morgan fingerprint density at radius 1 is 1.39 bits per heavy atom. The van der Waals surface area contributed by atoms with Crippen LogP contribution in [0.2, 0.25) is 0 Å². The van der Waals surface area contributed by atoms with Gasteiger partial charge in [0.1, 0.15) is 0 Å². The highest BCUT2D eigenvalue weighted by atomic mass is 32.2. The quantitative estimate of drug-likeness (QED) is 0.771. The molecule has 1 aliphatic rings. The molecule has 1 aliphatic heterocycles. The van der Waals surface area contributed by atoms with Crippen molar-refractivity contribution < 1.29 is 17.3 Å². The van der Waals surface area contributed by atoms with Crippen LogP contribution in [0.5, 0.6) is 0 Å². The minimum Gasteiger partial charge on any atom is -0.351 e. The summed E-state index contributed by atoms with van der Waals surface area (Å²) >= 11 is 0. The molecule has 1 aromatic rings. The average Bonchev–Trinajstić information content (AvgIpc) is 2.82. The van der Waals surface area contributed by atoms with Crippen molar-refractivity contribution in [1.29, 1.82) is 0 Å². The third-order valence-electron chi connectivity index (χ3n) is 2.88. The number of benzene rings is 1.